The van der Waals surface area contributed by atoms with Gasteiger partial charge in [0.2, 0.25) is 0 Å². The van der Waals surface area contributed by atoms with E-state index in [1.807, 2.05) is 0 Å². The van der Waals surface area contributed by atoms with Gasteiger partial charge in [-0.1, -0.05) is 22.9 Å². The van der Waals surface area contributed by atoms with Crippen molar-refractivity contribution >= 4 is 27.8 Å². The van der Waals surface area contributed by atoms with Crippen molar-refractivity contribution in [3.8, 4) is 0 Å². The van der Waals surface area contributed by atoms with Crippen LogP contribution in [-0.2, 0) is 4.79 Å². The molecule has 1 atom stereocenters. The largest absolute Gasteiger partial charge is 0.480 e. The molecule has 0 saturated carbocycles. The van der Waals surface area contributed by atoms with E-state index in [2.05, 4.69) is 21.2 Å². The van der Waals surface area contributed by atoms with Crippen molar-refractivity contribution in [2.75, 3.05) is 0 Å². The van der Waals surface area contributed by atoms with Crippen LogP contribution in [0.1, 0.15) is 23.7 Å². The molecule has 0 spiro atoms. The van der Waals surface area contributed by atoms with E-state index in [1.165, 1.54) is 12.1 Å². The van der Waals surface area contributed by atoms with Crippen molar-refractivity contribution in [2.24, 2.45) is 0 Å². The maximum atomic E-state index is 13.4. The van der Waals surface area contributed by atoms with Crippen molar-refractivity contribution in [2.45, 2.75) is 19.4 Å². The fraction of sp³-hybridized carbons (Fsp3) is 0.273. The Bertz CT molecular complexity index is 450. The summed E-state index contributed by atoms with van der Waals surface area (Å²) in [5.74, 6) is -2.57. The summed E-state index contributed by atoms with van der Waals surface area (Å²) in [7, 11) is 0. The van der Waals surface area contributed by atoms with Gasteiger partial charge in [0.1, 0.15) is 11.9 Å². The van der Waals surface area contributed by atoms with Crippen LogP contribution in [0, 0.1) is 5.82 Å². The topological polar surface area (TPSA) is 66.4 Å². The van der Waals surface area contributed by atoms with Gasteiger partial charge >= 0.3 is 5.97 Å². The molecule has 1 rings (SSSR count). The summed E-state index contributed by atoms with van der Waals surface area (Å²) in [5, 5.41) is 11.0. The highest BCUT2D eigenvalue weighted by molar-refractivity contribution is 9.10. The van der Waals surface area contributed by atoms with Gasteiger partial charge in [-0.05, 0) is 24.6 Å². The summed E-state index contributed by atoms with van der Waals surface area (Å²) in [6.45, 7) is 1.62. The van der Waals surface area contributed by atoms with E-state index in [4.69, 9.17) is 5.11 Å². The molecule has 1 aromatic carbocycles. The van der Waals surface area contributed by atoms with Gasteiger partial charge in [0.05, 0.1) is 5.56 Å². The van der Waals surface area contributed by atoms with Gasteiger partial charge in [0.15, 0.2) is 0 Å². The third-order valence-electron chi connectivity index (χ3n) is 2.19. The predicted molar refractivity (Wildman–Crippen MR) is 63.3 cm³/mol. The summed E-state index contributed by atoms with van der Waals surface area (Å²) in [6, 6.07) is 2.95. The number of aliphatic carboxylic acids is 1. The van der Waals surface area contributed by atoms with E-state index in [1.54, 1.807) is 6.92 Å². The Morgan fingerprint density at radius 2 is 2.18 bits per heavy atom. The Morgan fingerprint density at radius 1 is 1.53 bits per heavy atom. The minimum absolute atomic E-state index is 0.173. The van der Waals surface area contributed by atoms with Crippen LogP contribution >= 0.6 is 15.9 Å². The molecule has 4 nitrogen and oxygen atoms in total. The molecule has 0 aliphatic carbocycles. The van der Waals surface area contributed by atoms with E-state index in [9.17, 15) is 14.0 Å². The Labute approximate surface area is 106 Å². The number of rotatable bonds is 4. The number of hydrogen-bond acceptors (Lipinski definition) is 2. The lowest BCUT2D eigenvalue weighted by molar-refractivity contribution is -0.139. The first-order chi connectivity index (χ1) is 7.95. The lowest BCUT2D eigenvalue weighted by atomic mass is 10.1. The number of amides is 1. The van der Waals surface area contributed by atoms with Crippen molar-refractivity contribution < 1.29 is 19.1 Å². The molecule has 0 radical (unpaired) electrons. The van der Waals surface area contributed by atoms with E-state index in [-0.39, 0.29) is 12.0 Å². The summed E-state index contributed by atoms with van der Waals surface area (Å²) >= 11 is 3.07. The minimum Gasteiger partial charge on any atom is -0.480 e. The Kier molecular flexibility index (Phi) is 4.62. The lowest BCUT2D eigenvalue weighted by Gasteiger charge is -2.12. The third kappa shape index (κ3) is 3.52. The third-order valence-corrected chi connectivity index (χ3v) is 2.68. The molecule has 1 aromatic rings. The summed E-state index contributed by atoms with van der Waals surface area (Å²) in [6.07, 6.45) is 0.235. The van der Waals surface area contributed by atoms with Crippen LogP contribution in [0.2, 0.25) is 0 Å². The second-order valence-electron chi connectivity index (χ2n) is 3.40. The van der Waals surface area contributed by atoms with Gasteiger partial charge in [-0.25, -0.2) is 9.18 Å². The molecule has 17 heavy (non-hydrogen) atoms. The van der Waals surface area contributed by atoms with Crippen LogP contribution in [0.15, 0.2) is 22.7 Å². The Morgan fingerprint density at radius 3 is 2.65 bits per heavy atom. The summed E-state index contributed by atoms with van der Waals surface area (Å²) < 4.78 is 13.9. The van der Waals surface area contributed by atoms with Crippen molar-refractivity contribution in [1.82, 2.24) is 5.32 Å². The number of halogens is 2. The molecule has 0 aliphatic rings. The molecule has 0 saturated heterocycles. The van der Waals surface area contributed by atoms with Crippen molar-refractivity contribution in [3.63, 3.8) is 0 Å². The minimum atomic E-state index is -1.14. The molecule has 2 N–H and O–H groups in total. The number of carbonyl (C=O) groups excluding carboxylic acids is 1. The quantitative estimate of drug-likeness (QED) is 0.896. The normalized spacial score (nSPS) is 11.9. The van der Waals surface area contributed by atoms with Crippen LogP contribution in [0.25, 0.3) is 0 Å². The SMILES string of the molecule is CCC(NC(=O)c1ccc(Br)cc1F)C(=O)O. The molecule has 0 bridgehead atoms. The zero-order chi connectivity index (χ0) is 13.0. The van der Waals surface area contributed by atoms with E-state index < -0.39 is 23.7 Å². The summed E-state index contributed by atoms with van der Waals surface area (Å²) in [4.78, 5) is 22.3. The fourth-order valence-corrected chi connectivity index (χ4v) is 1.58. The first-order valence-electron chi connectivity index (χ1n) is 4.94. The number of benzene rings is 1. The van der Waals surface area contributed by atoms with Crippen LogP contribution in [0.5, 0.6) is 0 Å². The highest BCUT2D eigenvalue weighted by atomic mass is 79.9. The molecule has 1 unspecified atom stereocenters. The van der Waals surface area contributed by atoms with E-state index in [0.29, 0.717) is 4.47 Å². The molecule has 0 fully saturated rings. The van der Waals surface area contributed by atoms with Crippen LogP contribution in [-0.4, -0.2) is 23.0 Å². The van der Waals surface area contributed by atoms with Gasteiger partial charge < -0.3 is 10.4 Å². The molecular weight excluding hydrogens is 293 g/mol. The zero-order valence-electron chi connectivity index (χ0n) is 9.04. The van der Waals surface area contributed by atoms with E-state index >= 15 is 0 Å². The number of hydrogen-bond donors (Lipinski definition) is 2. The molecule has 0 aromatic heterocycles. The monoisotopic (exact) mass is 303 g/mol. The first kappa shape index (κ1) is 13.6. The van der Waals surface area contributed by atoms with Crippen LogP contribution in [0.4, 0.5) is 4.39 Å². The first-order valence-corrected chi connectivity index (χ1v) is 5.73. The van der Waals surface area contributed by atoms with Gasteiger partial charge in [0.25, 0.3) is 5.91 Å². The fourth-order valence-electron chi connectivity index (χ4n) is 1.25. The van der Waals surface area contributed by atoms with Crippen LogP contribution in [0.3, 0.4) is 0 Å². The number of carboxylic acids is 1. The number of nitrogens with one attached hydrogen (secondary N) is 1. The van der Waals surface area contributed by atoms with Gasteiger partial charge in [-0.2, -0.15) is 0 Å². The highest BCUT2D eigenvalue weighted by Gasteiger charge is 2.20. The summed E-state index contributed by atoms with van der Waals surface area (Å²) in [5.41, 5.74) is -0.173. The molecule has 1 amide bonds. The average Bonchev–Trinajstić information content (AvgIpc) is 2.24. The van der Waals surface area contributed by atoms with Gasteiger partial charge in [-0.3, -0.25) is 4.79 Å². The second-order valence-corrected chi connectivity index (χ2v) is 4.31. The van der Waals surface area contributed by atoms with Crippen molar-refractivity contribution in [1.29, 1.82) is 0 Å². The number of carboxylic acid groups (broad SMARTS) is 1. The smallest absolute Gasteiger partial charge is 0.326 e. The van der Waals surface area contributed by atoms with E-state index in [0.717, 1.165) is 6.07 Å². The van der Waals surface area contributed by atoms with Crippen LogP contribution < -0.4 is 5.32 Å². The molecule has 0 heterocycles. The predicted octanol–water partition coefficient (Wildman–Crippen LogP) is 2.18. The zero-order valence-corrected chi connectivity index (χ0v) is 10.6. The molecule has 0 aliphatic heterocycles. The maximum Gasteiger partial charge on any atom is 0.326 e. The number of carbonyl (C=O) groups is 2. The Balaban J connectivity index is 2.86. The molecule has 6 heteroatoms. The maximum absolute atomic E-state index is 13.4. The standard InChI is InChI=1S/C11H11BrFNO3/c1-2-9(11(16)17)14-10(15)7-4-3-6(12)5-8(7)13/h3-5,9H,2H2,1H3,(H,14,15)(H,16,17). The van der Waals surface area contributed by atoms with Gasteiger partial charge in [0, 0.05) is 4.47 Å². The lowest BCUT2D eigenvalue weighted by Crippen LogP contribution is -2.40. The van der Waals surface area contributed by atoms with Crippen molar-refractivity contribution in [3.05, 3.63) is 34.1 Å². The highest BCUT2D eigenvalue weighted by Crippen LogP contribution is 2.15. The molecular formula is C11H11BrFNO3. The van der Waals surface area contributed by atoms with Gasteiger partial charge in [-0.15, -0.1) is 0 Å². The molecule has 92 valence electrons. The Hall–Kier alpha value is -1.43. The average molecular weight is 304 g/mol. The second kappa shape index (κ2) is 5.77.